The number of imidazole rings is 2. The van der Waals surface area contributed by atoms with Crippen molar-refractivity contribution < 1.29 is 23.8 Å². The molecule has 13 heteroatoms. The molecule has 2 fully saturated rings. The Hall–Kier alpha value is -4.65. The number of H-pyrrole nitrogens is 2. The molecule has 2 saturated heterocycles. The van der Waals surface area contributed by atoms with Gasteiger partial charge in [0, 0.05) is 36.2 Å². The van der Waals surface area contributed by atoms with Crippen LogP contribution in [0.25, 0.3) is 44.2 Å². The normalized spacial score (nSPS) is 21.7. The van der Waals surface area contributed by atoms with Gasteiger partial charge in [0.25, 0.3) is 0 Å². The van der Waals surface area contributed by atoms with Gasteiger partial charge >= 0.3 is 6.09 Å². The highest BCUT2D eigenvalue weighted by Crippen LogP contribution is 2.44. The van der Waals surface area contributed by atoms with Crippen molar-refractivity contribution in [3.05, 3.63) is 64.8 Å². The standard InChI is InChI=1S/C39H44ClN7O5/c1-19(2)32(45-39(49)51-5)38(48)47-20(3)6-11-30(47)37-42-28-10-8-22-14-27-25-9-7-23(13-24(25)18-52-31(27)15-26(22)34(28)44-37)33-35(40)46-36(43-33)29-12-21(16-41-29)17-50-4/h7-10,13-15,19-21,29-30,32,41H,6,11-12,16-18H2,1-5H3,(H,42,44)(H,43,46)(H,45,49)/t20-,21-,29-,30-,32-/m0/s1. The fraction of sp³-hybridized carbons (Fsp3) is 0.436. The Bertz CT molecular complexity index is 2180. The summed E-state index contributed by atoms with van der Waals surface area (Å²) in [6.45, 7) is 7.90. The molecule has 0 unspecified atom stereocenters. The number of carbonyl (C=O) groups excluding carboxylic acids is 2. The van der Waals surface area contributed by atoms with E-state index in [9.17, 15) is 9.59 Å². The third-order valence-electron chi connectivity index (χ3n) is 10.9. The summed E-state index contributed by atoms with van der Waals surface area (Å²) in [7, 11) is 3.04. The van der Waals surface area contributed by atoms with E-state index in [1.807, 2.05) is 31.7 Å². The fourth-order valence-corrected chi connectivity index (χ4v) is 8.45. The van der Waals surface area contributed by atoms with Gasteiger partial charge in [-0.3, -0.25) is 4.79 Å². The van der Waals surface area contributed by atoms with Gasteiger partial charge < -0.3 is 39.7 Å². The monoisotopic (exact) mass is 725 g/mol. The van der Waals surface area contributed by atoms with Crippen LogP contribution in [0.15, 0.2) is 42.5 Å². The summed E-state index contributed by atoms with van der Waals surface area (Å²) < 4.78 is 16.6. The van der Waals surface area contributed by atoms with Crippen molar-refractivity contribution >= 4 is 45.4 Å². The third kappa shape index (κ3) is 6.06. The maximum atomic E-state index is 13.9. The van der Waals surface area contributed by atoms with Crippen molar-refractivity contribution in [1.29, 1.82) is 0 Å². The van der Waals surface area contributed by atoms with Gasteiger partial charge in [-0.05, 0) is 78.8 Å². The molecule has 3 aromatic carbocycles. The molecule has 3 aliphatic heterocycles. The lowest BCUT2D eigenvalue weighted by atomic mass is 9.92. The Kier molecular flexibility index (Phi) is 9.09. The molecule has 3 aliphatic rings. The first-order valence-corrected chi connectivity index (χ1v) is 18.4. The summed E-state index contributed by atoms with van der Waals surface area (Å²) in [5, 5.41) is 8.80. The van der Waals surface area contributed by atoms with Crippen LogP contribution in [-0.4, -0.2) is 76.3 Å². The van der Waals surface area contributed by atoms with Crippen LogP contribution in [-0.2, 0) is 20.9 Å². The molecule has 0 radical (unpaired) electrons. The van der Waals surface area contributed by atoms with Crippen LogP contribution in [0.2, 0.25) is 5.15 Å². The van der Waals surface area contributed by atoms with Gasteiger partial charge in [-0.2, -0.15) is 0 Å². The van der Waals surface area contributed by atoms with E-state index in [0.717, 1.165) is 99.6 Å². The molecule has 52 heavy (non-hydrogen) atoms. The van der Waals surface area contributed by atoms with Crippen LogP contribution in [0, 0.1) is 11.8 Å². The molecule has 2 aromatic heterocycles. The molecule has 5 heterocycles. The zero-order valence-corrected chi connectivity index (χ0v) is 30.8. The number of amides is 2. The number of nitrogens with zero attached hydrogens (tertiary/aromatic N) is 3. The number of halogens is 1. The number of rotatable bonds is 8. The molecule has 0 saturated carbocycles. The number of methoxy groups -OCH3 is 2. The predicted octanol–water partition coefficient (Wildman–Crippen LogP) is 7.05. The number of hydrogen-bond acceptors (Lipinski definition) is 8. The quantitative estimate of drug-likeness (QED) is 0.133. The Morgan fingerprint density at radius 3 is 2.69 bits per heavy atom. The molecule has 5 atom stereocenters. The van der Waals surface area contributed by atoms with E-state index in [1.54, 1.807) is 7.11 Å². The number of aromatic nitrogens is 4. The minimum absolute atomic E-state index is 0.00610. The summed E-state index contributed by atoms with van der Waals surface area (Å²) in [5.41, 5.74) is 6.57. The fourth-order valence-electron chi connectivity index (χ4n) is 8.20. The van der Waals surface area contributed by atoms with Crippen LogP contribution in [0.3, 0.4) is 0 Å². The smallest absolute Gasteiger partial charge is 0.407 e. The average molecular weight is 726 g/mol. The Balaban J connectivity index is 1.08. The van der Waals surface area contributed by atoms with Crippen molar-refractivity contribution in [2.45, 2.75) is 70.8 Å². The summed E-state index contributed by atoms with van der Waals surface area (Å²) in [6.07, 6.45) is 1.92. The van der Waals surface area contributed by atoms with Crippen molar-refractivity contribution in [3.63, 3.8) is 0 Å². The zero-order valence-electron chi connectivity index (χ0n) is 30.0. The van der Waals surface area contributed by atoms with E-state index in [-0.39, 0.29) is 30.0 Å². The van der Waals surface area contributed by atoms with Gasteiger partial charge in [-0.1, -0.05) is 43.6 Å². The number of alkyl carbamates (subject to hydrolysis) is 1. The number of benzene rings is 3. The van der Waals surface area contributed by atoms with Gasteiger partial charge in [0.05, 0.1) is 36.8 Å². The van der Waals surface area contributed by atoms with E-state index in [4.69, 9.17) is 35.8 Å². The van der Waals surface area contributed by atoms with E-state index < -0.39 is 12.1 Å². The molecule has 12 nitrogen and oxygen atoms in total. The SMILES string of the molecule is COC[C@@H]1CN[C@H](c2nc(-c3ccc4c(c3)COc3cc5c(ccc6[nH]c([C@@H]7CC[C@H](C)N7C(=O)[C@@H](NC(=O)OC)C(C)C)nc65)cc3-4)c(Cl)[nH]2)C1. The largest absolute Gasteiger partial charge is 0.488 e. The summed E-state index contributed by atoms with van der Waals surface area (Å²) >= 11 is 6.71. The summed E-state index contributed by atoms with van der Waals surface area (Å²) in [5.74, 6) is 2.56. The molecule has 0 bridgehead atoms. The van der Waals surface area contributed by atoms with E-state index in [1.165, 1.54) is 7.11 Å². The number of carbonyl (C=O) groups is 2. The molecule has 4 N–H and O–H groups in total. The Morgan fingerprint density at radius 2 is 1.90 bits per heavy atom. The molecule has 0 aliphatic carbocycles. The van der Waals surface area contributed by atoms with Gasteiger partial charge in [0.2, 0.25) is 5.91 Å². The Labute approximate surface area is 307 Å². The van der Waals surface area contributed by atoms with Crippen LogP contribution in [0.1, 0.15) is 69.3 Å². The van der Waals surface area contributed by atoms with E-state index in [0.29, 0.717) is 17.7 Å². The molecule has 272 valence electrons. The van der Waals surface area contributed by atoms with Gasteiger partial charge in [-0.15, -0.1) is 0 Å². The van der Waals surface area contributed by atoms with Gasteiger partial charge in [0.1, 0.15) is 40.9 Å². The highest BCUT2D eigenvalue weighted by Gasteiger charge is 2.41. The molecular formula is C39H44ClN7O5. The highest BCUT2D eigenvalue weighted by atomic mass is 35.5. The lowest BCUT2D eigenvalue weighted by Crippen LogP contribution is -2.52. The van der Waals surface area contributed by atoms with Crippen molar-refractivity contribution in [3.8, 4) is 28.1 Å². The van der Waals surface area contributed by atoms with Crippen LogP contribution < -0.4 is 15.4 Å². The van der Waals surface area contributed by atoms with Crippen molar-refractivity contribution in [2.75, 3.05) is 27.4 Å². The number of ether oxygens (including phenoxy) is 3. The highest BCUT2D eigenvalue weighted by molar-refractivity contribution is 6.32. The second kappa shape index (κ2) is 13.7. The minimum atomic E-state index is -0.708. The first kappa shape index (κ1) is 34.4. The topological polar surface area (TPSA) is 146 Å². The minimum Gasteiger partial charge on any atom is -0.488 e. The first-order valence-electron chi connectivity index (χ1n) is 18.0. The average Bonchev–Trinajstić information content (AvgIpc) is 3.95. The van der Waals surface area contributed by atoms with Gasteiger partial charge in [0.15, 0.2) is 0 Å². The molecular weight excluding hydrogens is 682 g/mol. The van der Waals surface area contributed by atoms with Crippen LogP contribution in [0.5, 0.6) is 5.75 Å². The van der Waals surface area contributed by atoms with Crippen molar-refractivity contribution in [1.82, 2.24) is 35.5 Å². The van der Waals surface area contributed by atoms with E-state index >= 15 is 0 Å². The Morgan fingerprint density at radius 1 is 1.06 bits per heavy atom. The predicted molar refractivity (Wildman–Crippen MR) is 199 cm³/mol. The molecule has 5 aromatic rings. The van der Waals surface area contributed by atoms with Crippen LogP contribution in [0.4, 0.5) is 4.79 Å². The van der Waals surface area contributed by atoms with E-state index in [2.05, 4.69) is 57.0 Å². The number of hydrogen-bond donors (Lipinski definition) is 4. The molecule has 8 rings (SSSR count). The zero-order chi connectivity index (χ0) is 36.3. The molecule has 2 amide bonds. The number of aromatic amines is 2. The number of fused-ring (bicyclic) bond motifs is 6. The first-order chi connectivity index (χ1) is 25.1. The second-order valence-electron chi connectivity index (χ2n) is 14.7. The van der Waals surface area contributed by atoms with Crippen LogP contribution >= 0.6 is 11.6 Å². The maximum Gasteiger partial charge on any atom is 0.407 e. The lowest BCUT2D eigenvalue weighted by Gasteiger charge is -2.32. The maximum absolute atomic E-state index is 13.9. The second-order valence-corrected chi connectivity index (χ2v) is 15.0. The lowest BCUT2D eigenvalue weighted by molar-refractivity contribution is -0.137. The molecule has 0 spiro atoms. The summed E-state index contributed by atoms with van der Waals surface area (Å²) in [4.78, 5) is 44.7. The number of likely N-dealkylation sites (tertiary alicyclic amines) is 1. The third-order valence-corrected chi connectivity index (χ3v) is 11.2. The summed E-state index contributed by atoms with van der Waals surface area (Å²) in [6, 6.07) is 13.8. The van der Waals surface area contributed by atoms with Gasteiger partial charge in [-0.25, -0.2) is 14.8 Å². The number of nitrogens with one attached hydrogen (secondary N) is 4. The van der Waals surface area contributed by atoms with Crippen molar-refractivity contribution in [2.24, 2.45) is 11.8 Å².